The third-order valence-corrected chi connectivity index (χ3v) is 4.03. The zero-order chi connectivity index (χ0) is 16.7. The van der Waals surface area contributed by atoms with Crippen LogP contribution in [0.25, 0.3) is 0 Å². The average Bonchev–Trinajstić information content (AvgIpc) is 3.17. The van der Waals surface area contributed by atoms with E-state index in [9.17, 15) is 9.59 Å². The van der Waals surface area contributed by atoms with E-state index in [0.717, 1.165) is 0 Å². The highest BCUT2D eigenvalue weighted by molar-refractivity contribution is 6.12. The lowest BCUT2D eigenvalue weighted by Gasteiger charge is -2.19. The zero-order valence-corrected chi connectivity index (χ0v) is 12.7. The maximum atomic E-state index is 12.4. The third-order valence-electron chi connectivity index (χ3n) is 4.03. The van der Waals surface area contributed by atoms with Crippen molar-refractivity contribution in [1.29, 1.82) is 0 Å². The van der Waals surface area contributed by atoms with Crippen molar-refractivity contribution in [3.63, 3.8) is 0 Å². The summed E-state index contributed by atoms with van der Waals surface area (Å²) >= 11 is 0. The minimum Gasteiger partial charge on any atom is -0.399 e. The van der Waals surface area contributed by atoms with Gasteiger partial charge in [-0.25, -0.2) is 0 Å². The van der Waals surface area contributed by atoms with E-state index in [2.05, 4.69) is 10.6 Å². The van der Waals surface area contributed by atoms with Gasteiger partial charge in [-0.2, -0.15) is 0 Å². The normalized spacial score (nSPS) is 17.6. The summed E-state index contributed by atoms with van der Waals surface area (Å²) in [6.07, 6.45) is 0. The van der Waals surface area contributed by atoms with Crippen LogP contribution < -0.4 is 16.4 Å². The smallest absolute Gasteiger partial charge is 0.290 e. The lowest BCUT2D eigenvalue weighted by Crippen LogP contribution is -2.35. The van der Waals surface area contributed by atoms with E-state index in [1.54, 1.807) is 36.4 Å². The molecule has 2 aromatic rings. The Morgan fingerprint density at radius 2 is 1.88 bits per heavy atom. The summed E-state index contributed by atoms with van der Waals surface area (Å²) in [5.74, 6) is -2.20. The van der Waals surface area contributed by atoms with E-state index in [4.69, 9.17) is 15.2 Å². The van der Waals surface area contributed by atoms with Gasteiger partial charge in [0.05, 0.1) is 24.6 Å². The standard InChI is InChI=1S/C17H15N3O4/c18-11-8-12-14(20-16(22)17(12)23-6-7-24-17)13(9-11)19-15(21)10-4-2-1-3-5-10/h1-5,8-9H,6-7,18H2,(H,19,21)(H,20,22). The first-order valence-electron chi connectivity index (χ1n) is 7.50. The predicted octanol–water partition coefficient (Wildman–Crippen LogP) is 1.67. The van der Waals surface area contributed by atoms with Crippen LogP contribution in [0.3, 0.4) is 0 Å². The number of rotatable bonds is 2. The largest absolute Gasteiger partial charge is 0.399 e. The molecule has 1 saturated heterocycles. The van der Waals surface area contributed by atoms with Crippen molar-refractivity contribution >= 4 is 28.9 Å². The van der Waals surface area contributed by atoms with Gasteiger partial charge < -0.3 is 25.8 Å². The van der Waals surface area contributed by atoms with Gasteiger partial charge in [0.15, 0.2) is 0 Å². The number of nitrogens with two attached hydrogens (primary N) is 1. The molecule has 2 aromatic carbocycles. The number of hydrogen-bond acceptors (Lipinski definition) is 5. The summed E-state index contributed by atoms with van der Waals surface area (Å²) in [6.45, 7) is 0.626. The highest BCUT2D eigenvalue weighted by Gasteiger charge is 2.53. The van der Waals surface area contributed by atoms with E-state index in [0.29, 0.717) is 41.4 Å². The molecule has 1 spiro atoms. The number of carbonyl (C=O) groups is 2. The molecule has 0 bridgehead atoms. The van der Waals surface area contributed by atoms with Crippen molar-refractivity contribution in [2.45, 2.75) is 5.79 Å². The lowest BCUT2D eigenvalue weighted by molar-refractivity contribution is -0.178. The second-order valence-electron chi connectivity index (χ2n) is 5.58. The van der Waals surface area contributed by atoms with Crippen LogP contribution in [0.1, 0.15) is 15.9 Å². The van der Waals surface area contributed by atoms with Crippen LogP contribution in [0.5, 0.6) is 0 Å². The Balaban J connectivity index is 1.74. The van der Waals surface area contributed by atoms with Crippen molar-refractivity contribution in [2.24, 2.45) is 0 Å². The maximum Gasteiger partial charge on any atom is 0.290 e. The minimum absolute atomic E-state index is 0.299. The number of amides is 2. The summed E-state index contributed by atoms with van der Waals surface area (Å²) in [4.78, 5) is 24.8. The zero-order valence-electron chi connectivity index (χ0n) is 12.7. The quantitative estimate of drug-likeness (QED) is 0.729. The molecule has 7 heteroatoms. The molecular formula is C17H15N3O4. The molecule has 2 heterocycles. The molecule has 2 aliphatic heterocycles. The molecule has 0 unspecified atom stereocenters. The molecule has 0 radical (unpaired) electrons. The van der Waals surface area contributed by atoms with Crippen molar-refractivity contribution in [2.75, 3.05) is 29.6 Å². The molecule has 0 aliphatic carbocycles. The van der Waals surface area contributed by atoms with E-state index < -0.39 is 11.7 Å². The fraction of sp³-hybridized carbons (Fsp3) is 0.176. The monoisotopic (exact) mass is 325 g/mol. The van der Waals surface area contributed by atoms with Crippen LogP contribution in [0.4, 0.5) is 17.1 Å². The molecule has 7 nitrogen and oxygen atoms in total. The summed E-state index contributed by atoms with van der Waals surface area (Å²) in [6, 6.07) is 12.0. The van der Waals surface area contributed by atoms with Gasteiger partial charge in [0.2, 0.25) is 0 Å². The topological polar surface area (TPSA) is 103 Å². The molecule has 0 saturated carbocycles. The number of hydrogen-bond donors (Lipinski definition) is 3. The highest BCUT2D eigenvalue weighted by Crippen LogP contribution is 2.46. The van der Waals surface area contributed by atoms with Gasteiger partial charge in [-0.3, -0.25) is 9.59 Å². The summed E-state index contributed by atoms with van der Waals surface area (Å²) in [7, 11) is 0. The predicted molar refractivity (Wildman–Crippen MR) is 87.5 cm³/mol. The number of carbonyl (C=O) groups excluding carboxylic acids is 2. The fourth-order valence-electron chi connectivity index (χ4n) is 2.96. The first-order valence-corrected chi connectivity index (χ1v) is 7.50. The van der Waals surface area contributed by atoms with E-state index in [-0.39, 0.29) is 5.91 Å². The van der Waals surface area contributed by atoms with Crippen molar-refractivity contribution in [1.82, 2.24) is 0 Å². The van der Waals surface area contributed by atoms with Gasteiger partial charge in [-0.1, -0.05) is 18.2 Å². The van der Waals surface area contributed by atoms with Gasteiger partial charge in [0.25, 0.3) is 17.6 Å². The molecule has 1 fully saturated rings. The number of nitrogen functional groups attached to an aromatic ring is 1. The van der Waals surface area contributed by atoms with E-state index >= 15 is 0 Å². The summed E-state index contributed by atoms with van der Waals surface area (Å²) < 4.78 is 11.1. The van der Waals surface area contributed by atoms with Crippen LogP contribution >= 0.6 is 0 Å². The molecule has 0 atom stereocenters. The lowest BCUT2D eigenvalue weighted by atomic mass is 10.0. The van der Waals surface area contributed by atoms with E-state index in [1.807, 2.05) is 6.07 Å². The second kappa shape index (κ2) is 5.33. The Morgan fingerprint density at radius 3 is 2.58 bits per heavy atom. The third kappa shape index (κ3) is 2.14. The van der Waals surface area contributed by atoms with Crippen LogP contribution in [0.15, 0.2) is 42.5 Å². The van der Waals surface area contributed by atoms with E-state index in [1.165, 1.54) is 0 Å². The van der Waals surface area contributed by atoms with Crippen LogP contribution in [0, 0.1) is 0 Å². The van der Waals surface area contributed by atoms with Gasteiger partial charge in [-0.05, 0) is 24.3 Å². The molecule has 24 heavy (non-hydrogen) atoms. The fourth-order valence-corrected chi connectivity index (χ4v) is 2.96. The second-order valence-corrected chi connectivity index (χ2v) is 5.58. The van der Waals surface area contributed by atoms with Crippen molar-refractivity contribution in [3.8, 4) is 0 Å². The molecule has 122 valence electrons. The SMILES string of the molecule is Nc1cc(NC(=O)c2ccccc2)c2c(c1)C1(OCCO1)C(=O)N2. The Labute approximate surface area is 137 Å². The van der Waals surface area contributed by atoms with Gasteiger partial charge in [0.1, 0.15) is 0 Å². The first kappa shape index (κ1) is 14.7. The highest BCUT2D eigenvalue weighted by atomic mass is 16.7. The molecule has 4 N–H and O–H groups in total. The molecule has 0 aromatic heterocycles. The maximum absolute atomic E-state index is 12.4. The molecule has 2 aliphatic rings. The van der Waals surface area contributed by atoms with Crippen LogP contribution in [-0.4, -0.2) is 25.0 Å². The number of nitrogens with one attached hydrogen (secondary N) is 2. The molecular weight excluding hydrogens is 310 g/mol. The Hall–Kier alpha value is -2.90. The Bertz CT molecular complexity index is 829. The van der Waals surface area contributed by atoms with Gasteiger partial charge in [-0.15, -0.1) is 0 Å². The average molecular weight is 325 g/mol. The number of benzene rings is 2. The Kier molecular flexibility index (Phi) is 3.26. The first-order chi connectivity index (χ1) is 11.6. The van der Waals surface area contributed by atoms with Gasteiger partial charge >= 0.3 is 0 Å². The van der Waals surface area contributed by atoms with Crippen LogP contribution in [0.2, 0.25) is 0 Å². The van der Waals surface area contributed by atoms with Crippen LogP contribution in [-0.2, 0) is 20.1 Å². The summed E-state index contributed by atoms with van der Waals surface area (Å²) in [5, 5.41) is 5.51. The Morgan fingerprint density at radius 1 is 1.17 bits per heavy atom. The number of anilines is 3. The number of ether oxygens (including phenoxy) is 2. The van der Waals surface area contributed by atoms with Gasteiger partial charge in [0, 0.05) is 16.8 Å². The molecule has 4 rings (SSSR count). The minimum atomic E-state index is -1.48. The summed E-state index contributed by atoms with van der Waals surface area (Å²) in [5.41, 5.74) is 8.17. The van der Waals surface area contributed by atoms with Crippen molar-refractivity contribution in [3.05, 3.63) is 53.6 Å². The van der Waals surface area contributed by atoms with Crippen molar-refractivity contribution < 1.29 is 19.1 Å². The molecule has 2 amide bonds. The number of fused-ring (bicyclic) bond motifs is 2.